The number of rotatable bonds is 3. The first-order chi connectivity index (χ1) is 7.33. The lowest BCUT2D eigenvalue weighted by molar-refractivity contribution is 0.539. The molecule has 15 heavy (non-hydrogen) atoms. The van der Waals surface area contributed by atoms with Crippen LogP contribution >= 0.6 is 15.9 Å². The Labute approximate surface area is 96.4 Å². The second-order valence-corrected chi connectivity index (χ2v) is 3.90. The van der Waals surface area contributed by atoms with Crippen LogP contribution in [0.5, 0.6) is 0 Å². The predicted molar refractivity (Wildman–Crippen MR) is 60.9 cm³/mol. The van der Waals surface area contributed by atoms with E-state index in [-0.39, 0.29) is 6.04 Å². The average molecular weight is 267 g/mol. The summed E-state index contributed by atoms with van der Waals surface area (Å²) in [7, 11) is 0. The van der Waals surface area contributed by atoms with Crippen LogP contribution in [0.4, 0.5) is 0 Å². The number of benzene rings is 1. The van der Waals surface area contributed by atoms with Crippen LogP contribution in [0.15, 0.2) is 30.3 Å². The number of aryl methyl sites for hydroxylation is 1. The molecule has 1 atom stereocenters. The van der Waals surface area contributed by atoms with Gasteiger partial charge < -0.3 is 0 Å². The quantitative estimate of drug-likeness (QED) is 0.798. The summed E-state index contributed by atoms with van der Waals surface area (Å²) in [6, 6.07) is 10.3. The van der Waals surface area contributed by atoms with E-state index in [2.05, 4.69) is 43.6 Å². The van der Waals surface area contributed by atoms with Gasteiger partial charge in [0.2, 0.25) is 0 Å². The van der Waals surface area contributed by atoms with E-state index in [0.29, 0.717) is 0 Å². The van der Waals surface area contributed by atoms with Gasteiger partial charge in [-0.1, -0.05) is 46.3 Å². The van der Waals surface area contributed by atoms with Crippen molar-refractivity contribution in [2.45, 2.75) is 13.0 Å². The molecule has 0 fully saturated rings. The van der Waals surface area contributed by atoms with Crippen molar-refractivity contribution < 1.29 is 0 Å². The maximum atomic E-state index is 3.99. The van der Waals surface area contributed by atoms with Gasteiger partial charge in [0.25, 0.3) is 0 Å². The first kappa shape index (κ1) is 10.3. The van der Waals surface area contributed by atoms with Crippen LogP contribution in [0.25, 0.3) is 0 Å². The molecule has 0 aliphatic heterocycles. The molecule has 0 N–H and O–H groups in total. The van der Waals surface area contributed by atoms with Gasteiger partial charge in [-0.25, -0.2) is 4.68 Å². The van der Waals surface area contributed by atoms with Crippen molar-refractivity contribution in [3.8, 4) is 0 Å². The van der Waals surface area contributed by atoms with E-state index in [0.717, 1.165) is 11.2 Å². The van der Waals surface area contributed by atoms with Gasteiger partial charge in [-0.2, -0.15) is 0 Å². The Morgan fingerprint density at radius 2 is 2.07 bits per heavy atom. The average Bonchev–Trinajstić information content (AvgIpc) is 2.68. The summed E-state index contributed by atoms with van der Waals surface area (Å²) in [5.74, 6) is 0.823. The predicted octanol–water partition coefficient (Wildman–Crippen LogP) is 1.97. The van der Waals surface area contributed by atoms with Crippen molar-refractivity contribution in [3.63, 3.8) is 0 Å². The molecule has 0 radical (unpaired) electrons. The summed E-state index contributed by atoms with van der Waals surface area (Å²) >= 11 is 3.49. The Bertz CT molecular complexity index is 426. The molecule has 0 aliphatic rings. The number of alkyl halides is 1. The van der Waals surface area contributed by atoms with Crippen molar-refractivity contribution in [1.82, 2.24) is 20.2 Å². The van der Waals surface area contributed by atoms with E-state index in [1.54, 1.807) is 0 Å². The standard InChI is InChI=1S/C10H11BrN4/c1-8-12-13-14-15(8)10(7-11)9-5-3-2-4-6-9/h2-6,10H,7H2,1H3/t10-/m0/s1. The van der Waals surface area contributed by atoms with Gasteiger partial charge in [0.15, 0.2) is 0 Å². The minimum Gasteiger partial charge on any atom is -0.222 e. The van der Waals surface area contributed by atoms with Crippen molar-refractivity contribution in [2.75, 3.05) is 5.33 Å². The molecule has 0 amide bonds. The lowest BCUT2D eigenvalue weighted by Gasteiger charge is -2.14. The van der Waals surface area contributed by atoms with E-state index in [9.17, 15) is 0 Å². The molecule has 1 aromatic carbocycles. The fourth-order valence-electron chi connectivity index (χ4n) is 1.50. The highest BCUT2D eigenvalue weighted by Crippen LogP contribution is 2.19. The van der Waals surface area contributed by atoms with Crippen LogP contribution in [0.3, 0.4) is 0 Å². The summed E-state index contributed by atoms with van der Waals surface area (Å²) in [6.07, 6.45) is 0. The Morgan fingerprint density at radius 1 is 1.33 bits per heavy atom. The monoisotopic (exact) mass is 266 g/mol. The highest BCUT2D eigenvalue weighted by molar-refractivity contribution is 9.09. The molecule has 1 heterocycles. The Hall–Kier alpha value is -1.23. The summed E-state index contributed by atoms with van der Waals surface area (Å²) in [4.78, 5) is 0. The molecule has 0 aliphatic carbocycles. The molecule has 2 rings (SSSR count). The van der Waals surface area contributed by atoms with Crippen LogP contribution in [-0.4, -0.2) is 25.5 Å². The molecule has 2 aromatic rings. The zero-order chi connectivity index (χ0) is 10.7. The zero-order valence-corrected chi connectivity index (χ0v) is 9.92. The minimum atomic E-state index is 0.154. The molecule has 78 valence electrons. The lowest BCUT2D eigenvalue weighted by Crippen LogP contribution is -2.15. The lowest BCUT2D eigenvalue weighted by atomic mass is 10.1. The van der Waals surface area contributed by atoms with Crippen LogP contribution < -0.4 is 0 Å². The number of hydrogen-bond donors (Lipinski definition) is 0. The summed E-state index contributed by atoms with van der Waals surface area (Å²) in [5.41, 5.74) is 1.20. The molecule has 0 saturated carbocycles. The van der Waals surface area contributed by atoms with Gasteiger partial charge in [0, 0.05) is 5.33 Å². The van der Waals surface area contributed by atoms with Crippen LogP contribution in [0.1, 0.15) is 17.4 Å². The van der Waals surface area contributed by atoms with Crippen LogP contribution in [0, 0.1) is 6.92 Å². The third kappa shape index (κ3) is 2.07. The Balaban J connectivity index is 2.37. The molecular formula is C10H11BrN4. The second-order valence-electron chi connectivity index (χ2n) is 3.25. The molecular weight excluding hydrogens is 256 g/mol. The zero-order valence-electron chi connectivity index (χ0n) is 8.34. The summed E-state index contributed by atoms with van der Waals surface area (Å²) in [5, 5.41) is 12.3. The van der Waals surface area contributed by atoms with Crippen molar-refractivity contribution in [3.05, 3.63) is 41.7 Å². The molecule has 0 spiro atoms. The van der Waals surface area contributed by atoms with E-state index in [1.807, 2.05) is 29.8 Å². The molecule has 5 heteroatoms. The highest BCUT2D eigenvalue weighted by Gasteiger charge is 2.15. The third-order valence-corrected chi connectivity index (χ3v) is 2.90. The van der Waals surface area contributed by atoms with Gasteiger partial charge in [0.05, 0.1) is 6.04 Å². The maximum Gasteiger partial charge on any atom is 0.148 e. The number of halogens is 1. The smallest absolute Gasteiger partial charge is 0.148 e. The number of aromatic nitrogens is 4. The van der Waals surface area contributed by atoms with E-state index in [1.165, 1.54) is 5.56 Å². The second kappa shape index (κ2) is 4.53. The Kier molecular flexibility index (Phi) is 3.11. The molecule has 0 saturated heterocycles. The highest BCUT2D eigenvalue weighted by atomic mass is 79.9. The van der Waals surface area contributed by atoms with Gasteiger partial charge >= 0.3 is 0 Å². The van der Waals surface area contributed by atoms with Crippen LogP contribution in [0.2, 0.25) is 0 Å². The van der Waals surface area contributed by atoms with Gasteiger partial charge in [0.1, 0.15) is 5.82 Å². The molecule has 1 aromatic heterocycles. The maximum absolute atomic E-state index is 3.99. The van der Waals surface area contributed by atoms with E-state index in [4.69, 9.17) is 0 Å². The first-order valence-corrected chi connectivity index (χ1v) is 5.80. The fourth-order valence-corrected chi connectivity index (χ4v) is 2.15. The fraction of sp³-hybridized carbons (Fsp3) is 0.300. The van der Waals surface area contributed by atoms with E-state index < -0.39 is 0 Å². The molecule has 4 nitrogen and oxygen atoms in total. The van der Waals surface area contributed by atoms with Crippen molar-refractivity contribution >= 4 is 15.9 Å². The first-order valence-electron chi connectivity index (χ1n) is 4.68. The number of nitrogens with zero attached hydrogens (tertiary/aromatic N) is 4. The third-order valence-electron chi connectivity index (χ3n) is 2.28. The van der Waals surface area contributed by atoms with Crippen molar-refractivity contribution in [1.29, 1.82) is 0 Å². The van der Waals surface area contributed by atoms with Gasteiger partial charge in [-0.05, 0) is 22.9 Å². The van der Waals surface area contributed by atoms with Gasteiger partial charge in [-0.3, -0.25) is 0 Å². The molecule has 0 bridgehead atoms. The van der Waals surface area contributed by atoms with Gasteiger partial charge in [-0.15, -0.1) is 5.10 Å². The topological polar surface area (TPSA) is 43.6 Å². The summed E-state index contributed by atoms with van der Waals surface area (Å²) < 4.78 is 1.82. The number of tetrazole rings is 1. The Morgan fingerprint density at radius 3 is 2.60 bits per heavy atom. The summed E-state index contributed by atoms with van der Waals surface area (Å²) in [6.45, 7) is 1.90. The molecule has 0 unspecified atom stereocenters. The minimum absolute atomic E-state index is 0.154. The normalized spacial score (nSPS) is 12.7. The SMILES string of the molecule is Cc1nnnn1[C@@H](CBr)c1ccccc1. The van der Waals surface area contributed by atoms with E-state index >= 15 is 0 Å². The van der Waals surface area contributed by atoms with Crippen molar-refractivity contribution in [2.24, 2.45) is 0 Å². The largest absolute Gasteiger partial charge is 0.222 e. The number of hydrogen-bond acceptors (Lipinski definition) is 3. The van der Waals surface area contributed by atoms with Crippen LogP contribution in [-0.2, 0) is 0 Å².